The van der Waals surface area contributed by atoms with Gasteiger partial charge in [0.2, 0.25) is 0 Å². The van der Waals surface area contributed by atoms with E-state index in [2.05, 4.69) is 22.1 Å². The second-order valence-corrected chi connectivity index (χ2v) is 6.67. The number of imidazole rings is 1. The van der Waals surface area contributed by atoms with Gasteiger partial charge in [-0.1, -0.05) is 36.0 Å². The van der Waals surface area contributed by atoms with Gasteiger partial charge in [-0.25, -0.2) is 9.37 Å². The number of halogens is 1. The highest BCUT2D eigenvalue weighted by molar-refractivity contribution is 7.98. The Balaban J connectivity index is 1.69. The van der Waals surface area contributed by atoms with E-state index in [4.69, 9.17) is 4.98 Å². The topological polar surface area (TPSA) is 41.6 Å². The summed E-state index contributed by atoms with van der Waals surface area (Å²) in [5.41, 5.74) is 4.75. The number of H-pyrrole nitrogens is 1. The molecule has 2 aromatic heterocycles. The Hall–Kier alpha value is -2.92. The molecular formula is C21H15FN3S. The standard InChI is InChI=1S/C21H15FN3S/c22-18-8-6-16(7-9-18)19-20(17-10-12-23-13-11-17)25-21(24-19)26-14-15-4-2-1-3-5-15/h1-2,4-13H,14H2,(H,24,25). The van der Waals surface area contributed by atoms with Crippen molar-refractivity contribution in [1.29, 1.82) is 0 Å². The van der Waals surface area contributed by atoms with E-state index in [9.17, 15) is 4.39 Å². The van der Waals surface area contributed by atoms with Gasteiger partial charge >= 0.3 is 0 Å². The third-order valence-corrected chi connectivity index (χ3v) is 4.86. The Bertz CT molecular complexity index is 983. The maximum absolute atomic E-state index is 13.3. The summed E-state index contributed by atoms with van der Waals surface area (Å²) >= 11 is 1.62. The second kappa shape index (κ2) is 7.54. The molecule has 1 N–H and O–H groups in total. The molecule has 0 amide bonds. The Morgan fingerprint density at radius 3 is 2.54 bits per heavy atom. The molecule has 0 aliphatic rings. The number of nitrogens with one attached hydrogen (secondary N) is 1. The van der Waals surface area contributed by atoms with E-state index < -0.39 is 0 Å². The predicted octanol–water partition coefficient (Wildman–Crippen LogP) is 5.37. The van der Waals surface area contributed by atoms with E-state index in [1.165, 1.54) is 17.7 Å². The minimum absolute atomic E-state index is 0.256. The number of hydrogen-bond acceptors (Lipinski definition) is 3. The van der Waals surface area contributed by atoms with Crippen LogP contribution in [0.15, 0.2) is 78.2 Å². The van der Waals surface area contributed by atoms with Crippen LogP contribution in [0, 0.1) is 11.9 Å². The number of aromatic nitrogens is 3. The van der Waals surface area contributed by atoms with E-state index in [0.29, 0.717) is 0 Å². The number of pyridine rings is 1. The summed E-state index contributed by atoms with van der Waals surface area (Å²) in [6, 6.07) is 21.3. The normalized spacial score (nSPS) is 10.8. The van der Waals surface area contributed by atoms with Crippen LogP contribution in [-0.4, -0.2) is 15.0 Å². The number of thioether (sulfide) groups is 1. The molecule has 0 saturated carbocycles. The summed E-state index contributed by atoms with van der Waals surface area (Å²) in [7, 11) is 0. The summed E-state index contributed by atoms with van der Waals surface area (Å²) in [6.45, 7) is 0. The lowest BCUT2D eigenvalue weighted by Crippen LogP contribution is -1.84. The van der Waals surface area contributed by atoms with Crippen LogP contribution < -0.4 is 0 Å². The van der Waals surface area contributed by atoms with Crippen LogP contribution in [0.2, 0.25) is 0 Å². The van der Waals surface area contributed by atoms with Crippen LogP contribution in [0.3, 0.4) is 0 Å². The van der Waals surface area contributed by atoms with Crippen LogP contribution in [0.4, 0.5) is 4.39 Å². The SMILES string of the molecule is Fc1ccc(-c2[nH]c(SCc3c[c]ccc3)nc2-c2ccncc2)cc1. The summed E-state index contributed by atoms with van der Waals surface area (Å²) in [6.07, 6.45) is 3.48. The molecule has 1 radical (unpaired) electrons. The van der Waals surface area contributed by atoms with Crippen molar-refractivity contribution in [3.05, 3.63) is 90.5 Å². The van der Waals surface area contributed by atoms with Gasteiger partial charge in [-0.05, 0) is 48.0 Å². The van der Waals surface area contributed by atoms with E-state index in [1.54, 1.807) is 36.3 Å². The maximum Gasteiger partial charge on any atom is 0.166 e. The molecule has 0 fully saturated rings. The summed E-state index contributed by atoms with van der Waals surface area (Å²) < 4.78 is 13.3. The molecule has 0 spiro atoms. The molecular weight excluding hydrogens is 345 g/mol. The van der Waals surface area contributed by atoms with Gasteiger partial charge in [0, 0.05) is 29.3 Å². The minimum atomic E-state index is -0.256. The van der Waals surface area contributed by atoms with Gasteiger partial charge in [-0.2, -0.15) is 0 Å². The van der Waals surface area contributed by atoms with Gasteiger partial charge in [-0.15, -0.1) is 0 Å². The molecule has 0 aliphatic heterocycles. The average molecular weight is 360 g/mol. The summed E-state index contributed by atoms with van der Waals surface area (Å²) in [4.78, 5) is 12.2. The van der Waals surface area contributed by atoms with Gasteiger partial charge in [0.15, 0.2) is 5.16 Å². The zero-order valence-electron chi connectivity index (χ0n) is 13.8. The number of nitrogens with zero attached hydrogens (tertiary/aromatic N) is 2. The van der Waals surface area contributed by atoms with Crippen molar-refractivity contribution < 1.29 is 4.39 Å². The fraction of sp³-hybridized carbons (Fsp3) is 0.0476. The van der Waals surface area contributed by atoms with Crippen molar-refractivity contribution in [2.45, 2.75) is 10.9 Å². The second-order valence-electron chi connectivity index (χ2n) is 5.71. The van der Waals surface area contributed by atoms with Crippen LogP contribution in [0.25, 0.3) is 22.5 Å². The summed E-state index contributed by atoms with van der Waals surface area (Å²) in [5, 5.41) is 0.819. The Labute approximate surface area is 155 Å². The Kier molecular flexibility index (Phi) is 4.80. The van der Waals surface area contributed by atoms with Crippen LogP contribution in [-0.2, 0) is 5.75 Å². The van der Waals surface area contributed by atoms with Crippen LogP contribution in [0.5, 0.6) is 0 Å². The number of benzene rings is 2. The lowest BCUT2D eigenvalue weighted by molar-refractivity contribution is 0.628. The largest absolute Gasteiger partial charge is 0.332 e. The third-order valence-electron chi connectivity index (χ3n) is 3.92. The van der Waals surface area contributed by atoms with E-state index in [-0.39, 0.29) is 5.82 Å². The highest BCUT2D eigenvalue weighted by atomic mass is 32.2. The first-order valence-electron chi connectivity index (χ1n) is 8.14. The fourth-order valence-electron chi connectivity index (χ4n) is 2.64. The van der Waals surface area contributed by atoms with E-state index >= 15 is 0 Å². The van der Waals surface area contributed by atoms with E-state index in [0.717, 1.165) is 33.4 Å². The zero-order chi connectivity index (χ0) is 17.8. The highest BCUT2D eigenvalue weighted by Gasteiger charge is 2.14. The van der Waals surface area contributed by atoms with Gasteiger partial charge < -0.3 is 4.98 Å². The van der Waals surface area contributed by atoms with E-state index in [1.807, 2.05) is 30.3 Å². The first-order valence-corrected chi connectivity index (χ1v) is 9.12. The maximum atomic E-state index is 13.3. The quantitative estimate of drug-likeness (QED) is 0.487. The van der Waals surface area contributed by atoms with Crippen molar-refractivity contribution in [3.8, 4) is 22.5 Å². The molecule has 0 bridgehead atoms. The molecule has 127 valence electrons. The van der Waals surface area contributed by atoms with Crippen molar-refractivity contribution >= 4 is 11.8 Å². The molecule has 4 rings (SSSR count). The van der Waals surface area contributed by atoms with Gasteiger partial charge in [0.05, 0.1) is 11.4 Å². The first kappa shape index (κ1) is 16.5. The number of hydrogen-bond donors (Lipinski definition) is 1. The average Bonchev–Trinajstić information content (AvgIpc) is 3.13. The van der Waals surface area contributed by atoms with Gasteiger partial charge in [0.25, 0.3) is 0 Å². The molecule has 2 heterocycles. The van der Waals surface area contributed by atoms with Gasteiger partial charge in [0.1, 0.15) is 5.82 Å². The lowest BCUT2D eigenvalue weighted by atomic mass is 10.1. The van der Waals surface area contributed by atoms with Crippen molar-refractivity contribution in [2.75, 3.05) is 0 Å². The monoisotopic (exact) mass is 360 g/mol. The minimum Gasteiger partial charge on any atom is -0.332 e. The lowest BCUT2D eigenvalue weighted by Gasteiger charge is -2.02. The highest BCUT2D eigenvalue weighted by Crippen LogP contribution is 2.33. The molecule has 0 atom stereocenters. The molecule has 0 aliphatic carbocycles. The van der Waals surface area contributed by atoms with Crippen LogP contribution >= 0.6 is 11.8 Å². The van der Waals surface area contributed by atoms with Crippen molar-refractivity contribution in [3.63, 3.8) is 0 Å². The zero-order valence-corrected chi connectivity index (χ0v) is 14.6. The molecule has 5 heteroatoms. The number of rotatable bonds is 5. The molecule has 26 heavy (non-hydrogen) atoms. The van der Waals surface area contributed by atoms with Crippen molar-refractivity contribution in [1.82, 2.24) is 15.0 Å². The van der Waals surface area contributed by atoms with Crippen LogP contribution in [0.1, 0.15) is 5.56 Å². The van der Waals surface area contributed by atoms with Gasteiger partial charge in [-0.3, -0.25) is 4.98 Å². The predicted molar refractivity (Wildman–Crippen MR) is 102 cm³/mol. The fourth-order valence-corrected chi connectivity index (χ4v) is 3.45. The van der Waals surface area contributed by atoms with Crippen molar-refractivity contribution in [2.24, 2.45) is 0 Å². The molecule has 4 aromatic rings. The summed E-state index contributed by atoms with van der Waals surface area (Å²) in [5.74, 6) is 0.539. The Morgan fingerprint density at radius 1 is 1.00 bits per heavy atom. The Morgan fingerprint density at radius 2 is 1.81 bits per heavy atom. The number of aromatic amines is 1. The first-order chi connectivity index (χ1) is 12.8. The molecule has 3 nitrogen and oxygen atoms in total. The third kappa shape index (κ3) is 3.68. The smallest absolute Gasteiger partial charge is 0.166 e. The molecule has 2 aromatic carbocycles. The molecule has 0 saturated heterocycles. The molecule has 0 unspecified atom stereocenters.